The van der Waals surface area contributed by atoms with Gasteiger partial charge in [0.25, 0.3) is 0 Å². The average Bonchev–Trinajstić information content (AvgIpc) is 2.75. The second-order valence-corrected chi connectivity index (χ2v) is 9.25. The van der Waals surface area contributed by atoms with E-state index in [1.807, 2.05) is 30.3 Å². The van der Waals surface area contributed by atoms with Gasteiger partial charge in [-0.25, -0.2) is 8.42 Å². The van der Waals surface area contributed by atoms with Crippen LogP contribution >= 0.6 is 0 Å². The molecule has 2 unspecified atom stereocenters. The maximum absolute atomic E-state index is 13.1. The Kier molecular flexibility index (Phi) is 7.05. The standard InChI is InChI=1S/C22H28N2O4S/c1-3-17(2)21(18-8-5-4-6-9-18)22(25)23-19-10-7-11-20(16-19)29(26,27)24-12-14-28-15-13-24/h4-11,16-17,21H,3,12-15H2,1-2H3,(H,23,25). The predicted molar refractivity (Wildman–Crippen MR) is 113 cm³/mol. The molecule has 29 heavy (non-hydrogen) atoms. The van der Waals surface area contributed by atoms with Crippen LogP contribution in [0.2, 0.25) is 0 Å². The minimum absolute atomic E-state index is 0.133. The molecular formula is C22H28N2O4S. The summed E-state index contributed by atoms with van der Waals surface area (Å²) in [5.74, 6) is -0.287. The summed E-state index contributed by atoms with van der Waals surface area (Å²) >= 11 is 0. The van der Waals surface area contributed by atoms with Crippen molar-refractivity contribution in [3.8, 4) is 0 Å². The number of sulfonamides is 1. The SMILES string of the molecule is CCC(C)C(C(=O)Nc1cccc(S(=O)(=O)N2CCOCC2)c1)c1ccccc1. The van der Waals surface area contributed by atoms with Crippen LogP contribution in [0, 0.1) is 5.92 Å². The highest BCUT2D eigenvalue weighted by atomic mass is 32.2. The smallest absolute Gasteiger partial charge is 0.243 e. The first-order chi connectivity index (χ1) is 13.9. The summed E-state index contributed by atoms with van der Waals surface area (Å²) in [6, 6.07) is 16.1. The lowest BCUT2D eigenvalue weighted by atomic mass is 9.85. The molecule has 0 aromatic heterocycles. The highest BCUT2D eigenvalue weighted by molar-refractivity contribution is 7.89. The zero-order valence-electron chi connectivity index (χ0n) is 16.9. The number of carbonyl (C=O) groups excluding carboxylic acids is 1. The predicted octanol–water partition coefficient (Wildman–Crippen LogP) is 3.48. The van der Waals surface area contributed by atoms with E-state index in [1.54, 1.807) is 18.2 Å². The highest BCUT2D eigenvalue weighted by Crippen LogP contribution is 2.29. The van der Waals surface area contributed by atoms with Crippen LogP contribution in [0.4, 0.5) is 5.69 Å². The summed E-state index contributed by atoms with van der Waals surface area (Å²) in [6.45, 7) is 5.57. The molecule has 1 fully saturated rings. The van der Waals surface area contributed by atoms with Crippen LogP contribution in [0.25, 0.3) is 0 Å². The maximum atomic E-state index is 13.1. The van der Waals surface area contributed by atoms with Gasteiger partial charge in [0.15, 0.2) is 0 Å². The summed E-state index contributed by atoms with van der Waals surface area (Å²) in [4.78, 5) is 13.3. The largest absolute Gasteiger partial charge is 0.379 e. The van der Waals surface area contributed by atoms with Crippen molar-refractivity contribution >= 4 is 21.6 Å². The monoisotopic (exact) mass is 416 g/mol. The van der Waals surface area contributed by atoms with Gasteiger partial charge in [-0.15, -0.1) is 0 Å². The number of amides is 1. The van der Waals surface area contributed by atoms with Crippen molar-refractivity contribution in [3.05, 3.63) is 60.2 Å². The molecule has 6 nitrogen and oxygen atoms in total. The molecule has 3 rings (SSSR count). The number of benzene rings is 2. The molecule has 0 bridgehead atoms. The Morgan fingerprint density at radius 2 is 1.79 bits per heavy atom. The van der Waals surface area contributed by atoms with Crippen LogP contribution < -0.4 is 5.32 Å². The van der Waals surface area contributed by atoms with Crippen molar-refractivity contribution in [1.29, 1.82) is 0 Å². The van der Waals surface area contributed by atoms with E-state index >= 15 is 0 Å². The third-order valence-corrected chi connectivity index (χ3v) is 7.26. The van der Waals surface area contributed by atoms with Gasteiger partial charge in [-0.05, 0) is 29.7 Å². The average molecular weight is 417 g/mol. The maximum Gasteiger partial charge on any atom is 0.243 e. The number of hydrogen-bond donors (Lipinski definition) is 1. The number of anilines is 1. The van der Waals surface area contributed by atoms with Crippen molar-refractivity contribution < 1.29 is 17.9 Å². The molecule has 0 aliphatic carbocycles. The molecule has 156 valence electrons. The molecule has 1 N–H and O–H groups in total. The summed E-state index contributed by atoms with van der Waals surface area (Å²) in [7, 11) is -3.61. The molecule has 2 atom stereocenters. The zero-order chi connectivity index (χ0) is 20.9. The molecule has 0 saturated carbocycles. The van der Waals surface area contributed by atoms with Gasteiger partial charge in [0.1, 0.15) is 0 Å². The van der Waals surface area contributed by atoms with Crippen LogP contribution in [0.1, 0.15) is 31.7 Å². The molecule has 1 aliphatic rings. The van der Waals surface area contributed by atoms with E-state index in [2.05, 4.69) is 19.2 Å². The third kappa shape index (κ3) is 5.04. The summed E-state index contributed by atoms with van der Waals surface area (Å²) in [5, 5.41) is 2.92. The first kappa shape index (κ1) is 21.5. The third-order valence-electron chi connectivity index (χ3n) is 5.36. The van der Waals surface area contributed by atoms with Gasteiger partial charge in [0.05, 0.1) is 24.0 Å². The number of rotatable bonds is 7. The Bertz CT molecular complexity index is 925. The Hall–Kier alpha value is -2.22. The van der Waals surface area contributed by atoms with Gasteiger partial charge in [-0.1, -0.05) is 56.7 Å². The number of carbonyl (C=O) groups is 1. The van der Waals surface area contributed by atoms with Gasteiger partial charge in [0, 0.05) is 18.8 Å². The number of nitrogens with one attached hydrogen (secondary N) is 1. The quantitative estimate of drug-likeness (QED) is 0.750. The summed E-state index contributed by atoms with van der Waals surface area (Å²) in [5.41, 5.74) is 1.44. The summed E-state index contributed by atoms with van der Waals surface area (Å²) < 4.78 is 32.5. The zero-order valence-corrected chi connectivity index (χ0v) is 17.7. The molecule has 0 radical (unpaired) electrons. The highest BCUT2D eigenvalue weighted by Gasteiger charge is 2.28. The van der Waals surface area contributed by atoms with Crippen LogP contribution in [0.15, 0.2) is 59.5 Å². The normalized spacial score (nSPS) is 17.4. The molecular weight excluding hydrogens is 388 g/mol. The van der Waals surface area contributed by atoms with Crippen molar-refractivity contribution in [2.45, 2.75) is 31.1 Å². The Labute approximate surface area is 172 Å². The van der Waals surface area contributed by atoms with E-state index in [1.165, 1.54) is 10.4 Å². The molecule has 7 heteroatoms. The van der Waals surface area contributed by atoms with E-state index < -0.39 is 10.0 Å². The lowest BCUT2D eigenvalue weighted by molar-refractivity contribution is -0.118. The lowest BCUT2D eigenvalue weighted by Crippen LogP contribution is -2.40. The van der Waals surface area contributed by atoms with Gasteiger partial charge in [-0.2, -0.15) is 4.31 Å². The second kappa shape index (κ2) is 9.52. The topological polar surface area (TPSA) is 75.7 Å². The number of hydrogen-bond acceptors (Lipinski definition) is 4. The molecule has 1 heterocycles. The minimum atomic E-state index is -3.61. The molecule has 2 aromatic carbocycles. The first-order valence-electron chi connectivity index (χ1n) is 9.97. The molecule has 1 amide bonds. The minimum Gasteiger partial charge on any atom is -0.379 e. The van der Waals surface area contributed by atoms with Gasteiger partial charge in [-0.3, -0.25) is 4.79 Å². The van der Waals surface area contributed by atoms with E-state index in [0.717, 1.165) is 12.0 Å². The van der Waals surface area contributed by atoms with E-state index in [-0.39, 0.29) is 22.6 Å². The van der Waals surface area contributed by atoms with Crippen molar-refractivity contribution in [3.63, 3.8) is 0 Å². The molecule has 2 aromatic rings. The second-order valence-electron chi connectivity index (χ2n) is 7.31. The van der Waals surface area contributed by atoms with Crippen molar-refractivity contribution in [1.82, 2.24) is 4.31 Å². The number of ether oxygens (including phenoxy) is 1. The van der Waals surface area contributed by atoms with Gasteiger partial charge in [0.2, 0.25) is 15.9 Å². The van der Waals surface area contributed by atoms with Crippen LogP contribution in [0.3, 0.4) is 0 Å². The van der Waals surface area contributed by atoms with Crippen LogP contribution in [-0.2, 0) is 19.6 Å². The molecule has 1 saturated heterocycles. The first-order valence-corrected chi connectivity index (χ1v) is 11.4. The van der Waals surface area contributed by atoms with Gasteiger partial charge >= 0.3 is 0 Å². The fraction of sp³-hybridized carbons (Fsp3) is 0.409. The fourth-order valence-corrected chi connectivity index (χ4v) is 4.98. The lowest BCUT2D eigenvalue weighted by Gasteiger charge is -2.26. The Morgan fingerprint density at radius 1 is 1.10 bits per heavy atom. The van der Waals surface area contributed by atoms with Gasteiger partial charge < -0.3 is 10.1 Å². The molecule has 1 aliphatic heterocycles. The van der Waals surface area contributed by atoms with E-state index in [4.69, 9.17) is 4.74 Å². The van der Waals surface area contributed by atoms with Crippen LogP contribution in [-0.4, -0.2) is 44.9 Å². The van der Waals surface area contributed by atoms with E-state index in [0.29, 0.717) is 32.0 Å². The fourth-order valence-electron chi connectivity index (χ4n) is 3.52. The molecule has 0 spiro atoms. The van der Waals surface area contributed by atoms with Crippen LogP contribution in [0.5, 0.6) is 0 Å². The summed E-state index contributed by atoms with van der Waals surface area (Å²) in [6.07, 6.45) is 0.860. The van der Waals surface area contributed by atoms with Crippen molar-refractivity contribution in [2.75, 3.05) is 31.6 Å². The number of nitrogens with zero attached hydrogens (tertiary/aromatic N) is 1. The Balaban J connectivity index is 1.82. The van der Waals surface area contributed by atoms with Crippen molar-refractivity contribution in [2.24, 2.45) is 5.92 Å². The van der Waals surface area contributed by atoms with E-state index in [9.17, 15) is 13.2 Å². The number of morpholine rings is 1. The Morgan fingerprint density at radius 3 is 2.45 bits per heavy atom.